The van der Waals surface area contributed by atoms with Crippen molar-refractivity contribution in [2.45, 2.75) is 19.3 Å². The number of anilines is 1. The number of benzene rings is 1. The van der Waals surface area contributed by atoms with Crippen molar-refractivity contribution in [1.82, 2.24) is 15.2 Å². The van der Waals surface area contributed by atoms with Gasteiger partial charge in [0.1, 0.15) is 5.69 Å². The zero-order valence-electron chi connectivity index (χ0n) is 14.8. The predicted octanol–water partition coefficient (Wildman–Crippen LogP) is 3.44. The van der Waals surface area contributed by atoms with Crippen LogP contribution in [0.5, 0.6) is 0 Å². The van der Waals surface area contributed by atoms with Gasteiger partial charge in [-0.05, 0) is 31.0 Å². The van der Waals surface area contributed by atoms with Crippen LogP contribution in [0.15, 0.2) is 23.6 Å². The number of nitrogens with one attached hydrogen (secondary N) is 2. The minimum atomic E-state index is -0.393. The van der Waals surface area contributed by atoms with Gasteiger partial charge in [-0.1, -0.05) is 23.2 Å². The molecule has 0 aliphatic carbocycles. The van der Waals surface area contributed by atoms with Crippen LogP contribution in [0.1, 0.15) is 40.1 Å². The van der Waals surface area contributed by atoms with E-state index in [0.717, 1.165) is 24.3 Å². The summed E-state index contributed by atoms with van der Waals surface area (Å²) in [5.74, 6) is -0.539. The fourth-order valence-electron chi connectivity index (χ4n) is 2.74. The van der Waals surface area contributed by atoms with Gasteiger partial charge in [-0.3, -0.25) is 19.7 Å². The van der Waals surface area contributed by atoms with Crippen molar-refractivity contribution in [3.05, 3.63) is 44.9 Å². The van der Waals surface area contributed by atoms with Crippen LogP contribution in [0.3, 0.4) is 0 Å². The molecule has 1 aliphatic rings. The summed E-state index contributed by atoms with van der Waals surface area (Å²) in [5, 5.41) is 7.93. The number of hydrogen-bond acceptors (Lipinski definition) is 5. The van der Waals surface area contributed by atoms with Gasteiger partial charge >= 0.3 is 0 Å². The lowest BCUT2D eigenvalue weighted by Gasteiger charge is -2.14. The van der Waals surface area contributed by atoms with E-state index in [-0.39, 0.29) is 22.5 Å². The molecule has 1 aromatic heterocycles. The molecule has 0 radical (unpaired) electrons. The van der Waals surface area contributed by atoms with Gasteiger partial charge < -0.3 is 10.2 Å². The molecule has 7 nitrogen and oxygen atoms in total. The van der Waals surface area contributed by atoms with Crippen LogP contribution < -0.4 is 10.6 Å². The monoisotopic (exact) mass is 440 g/mol. The first-order chi connectivity index (χ1) is 13.4. The molecular formula is C18H18Cl2N4O3S. The fourth-order valence-corrected chi connectivity index (χ4v) is 3.73. The number of rotatable bonds is 7. The fraction of sp³-hybridized carbons (Fsp3) is 0.333. The molecule has 3 rings (SSSR count). The summed E-state index contributed by atoms with van der Waals surface area (Å²) in [5.41, 5.74) is 0.568. The van der Waals surface area contributed by atoms with Crippen LogP contribution in [-0.2, 0) is 4.79 Å². The van der Waals surface area contributed by atoms with Gasteiger partial charge in [0, 0.05) is 37.0 Å². The molecule has 1 saturated heterocycles. The number of aromatic nitrogens is 1. The summed E-state index contributed by atoms with van der Waals surface area (Å²) in [4.78, 5) is 41.9. The van der Waals surface area contributed by atoms with Gasteiger partial charge in [-0.2, -0.15) is 0 Å². The predicted molar refractivity (Wildman–Crippen MR) is 109 cm³/mol. The average molecular weight is 441 g/mol. The van der Waals surface area contributed by atoms with Crippen molar-refractivity contribution < 1.29 is 14.4 Å². The quantitative estimate of drug-likeness (QED) is 0.644. The van der Waals surface area contributed by atoms with Crippen LogP contribution in [0, 0.1) is 0 Å². The third-order valence-electron chi connectivity index (χ3n) is 4.20. The number of likely N-dealkylation sites (tertiary alicyclic amines) is 1. The molecule has 1 fully saturated rings. The van der Waals surface area contributed by atoms with Crippen molar-refractivity contribution in [2.75, 3.05) is 25.0 Å². The van der Waals surface area contributed by atoms with Crippen LogP contribution in [-0.4, -0.2) is 47.2 Å². The Morgan fingerprint density at radius 3 is 2.75 bits per heavy atom. The van der Waals surface area contributed by atoms with Crippen molar-refractivity contribution in [3.8, 4) is 0 Å². The lowest BCUT2D eigenvalue weighted by Crippen LogP contribution is -2.30. The van der Waals surface area contributed by atoms with E-state index in [2.05, 4.69) is 15.6 Å². The van der Waals surface area contributed by atoms with Gasteiger partial charge in [0.25, 0.3) is 11.8 Å². The van der Waals surface area contributed by atoms with E-state index in [1.165, 1.54) is 12.1 Å². The first-order valence-corrected chi connectivity index (χ1v) is 10.4. The topological polar surface area (TPSA) is 91.4 Å². The van der Waals surface area contributed by atoms with Crippen molar-refractivity contribution in [3.63, 3.8) is 0 Å². The number of carbonyl (C=O) groups is 3. The largest absolute Gasteiger partial charge is 0.351 e. The summed E-state index contributed by atoms with van der Waals surface area (Å²) < 4.78 is 0. The SMILES string of the molecule is O=C(Nc1nc(C(=O)NCCCN2CCCC2=O)cs1)c1ccc(Cl)c(Cl)c1. The van der Waals surface area contributed by atoms with Gasteiger partial charge in [-0.15, -0.1) is 11.3 Å². The lowest BCUT2D eigenvalue weighted by molar-refractivity contribution is -0.127. The Kier molecular flexibility index (Phi) is 6.88. The highest BCUT2D eigenvalue weighted by Crippen LogP contribution is 2.23. The average Bonchev–Trinajstić information content (AvgIpc) is 3.30. The molecule has 2 N–H and O–H groups in total. The van der Waals surface area contributed by atoms with Gasteiger partial charge in [0.15, 0.2) is 5.13 Å². The smallest absolute Gasteiger partial charge is 0.270 e. The molecule has 1 aromatic carbocycles. The number of carbonyl (C=O) groups excluding carboxylic acids is 3. The second kappa shape index (κ2) is 9.36. The van der Waals surface area contributed by atoms with Gasteiger partial charge in [-0.25, -0.2) is 4.98 Å². The summed E-state index contributed by atoms with van der Waals surface area (Å²) in [7, 11) is 0. The zero-order chi connectivity index (χ0) is 20.1. The van der Waals surface area contributed by atoms with E-state index in [1.807, 2.05) is 4.90 Å². The summed E-state index contributed by atoms with van der Waals surface area (Å²) >= 11 is 12.9. The van der Waals surface area contributed by atoms with Crippen LogP contribution >= 0.6 is 34.5 Å². The van der Waals surface area contributed by atoms with Crippen LogP contribution in [0.4, 0.5) is 5.13 Å². The first-order valence-electron chi connectivity index (χ1n) is 8.72. The van der Waals surface area contributed by atoms with E-state index in [0.29, 0.717) is 41.6 Å². The molecular weight excluding hydrogens is 423 g/mol. The Labute approximate surface area is 176 Å². The van der Waals surface area contributed by atoms with Crippen molar-refractivity contribution in [2.24, 2.45) is 0 Å². The first kappa shape index (κ1) is 20.6. The molecule has 0 spiro atoms. The second-order valence-corrected chi connectivity index (χ2v) is 7.89. The van der Waals surface area contributed by atoms with E-state index in [4.69, 9.17) is 23.2 Å². The number of amides is 3. The standard InChI is InChI=1S/C18H18Cl2N4O3S/c19-12-5-4-11(9-13(12)20)16(26)23-18-22-14(10-28-18)17(27)21-6-2-8-24-7-1-3-15(24)25/h4-5,9-10H,1-3,6-8H2,(H,21,27)(H,22,23,26). The van der Waals surface area contributed by atoms with E-state index >= 15 is 0 Å². The molecule has 10 heteroatoms. The minimum Gasteiger partial charge on any atom is -0.351 e. The number of halogens is 2. The Hall–Kier alpha value is -2.16. The van der Waals surface area contributed by atoms with Crippen molar-refractivity contribution >= 4 is 57.4 Å². The maximum atomic E-state index is 12.2. The molecule has 1 aliphatic heterocycles. The molecule has 0 atom stereocenters. The highest BCUT2D eigenvalue weighted by molar-refractivity contribution is 7.14. The van der Waals surface area contributed by atoms with E-state index in [1.54, 1.807) is 11.4 Å². The third kappa shape index (κ3) is 5.21. The number of thiazole rings is 1. The molecule has 0 bridgehead atoms. The third-order valence-corrected chi connectivity index (χ3v) is 5.70. The highest BCUT2D eigenvalue weighted by atomic mass is 35.5. The second-order valence-electron chi connectivity index (χ2n) is 6.21. The molecule has 148 valence electrons. The Balaban J connectivity index is 1.47. The van der Waals surface area contributed by atoms with E-state index in [9.17, 15) is 14.4 Å². The van der Waals surface area contributed by atoms with Crippen LogP contribution in [0.2, 0.25) is 10.0 Å². The number of hydrogen-bond donors (Lipinski definition) is 2. The summed E-state index contributed by atoms with van der Waals surface area (Å²) in [6.45, 7) is 1.88. The molecule has 2 heterocycles. The van der Waals surface area contributed by atoms with Gasteiger partial charge in [0.2, 0.25) is 5.91 Å². The highest BCUT2D eigenvalue weighted by Gasteiger charge is 2.19. The minimum absolute atomic E-state index is 0.174. The van der Waals surface area contributed by atoms with Gasteiger partial charge in [0.05, 0.1) is 10.0 Å². The Morgan fingerprint density at radius 2 is 2.04 bits per heavy atom. The molecule has 0 saturated carbocycles. The maximum absolute atomic E-state index is 12.2. The molecule has 2 aromatic rings. The normalized spacial score (nSPS) is 13.6. The summed E-state index contributed by atoms with van der Waals surface area (Å²) in [6.07, 6.45) is 2.20. The molecule has 28 heavy (non-hydrogen) atoms. The lowest BCUT2D eigenvalue weighted by atomic mass is 10.2. The molecule has 3 amide bonds. The maximum Gasteiger partial charge on any atom is 0.270 e. The van der Waals surface area contributed by atoms with Crippen molar-refractivity contribution in [1.29, 1.82) is 0 Å². The zero-order valence-corrected chi connectivity index (χ0v) is 17.2. The Bertz CT molecular complexity index is 903. The van der Waals surface area contributed by atoms with Crippen LogP contribution in [0.25, 0.3) is 0 Å². The van der Waals surface area contributed by atoms with E-state index < -0.39 is 5.91 Å². The molecule has 0 unspecified atom stereocenters. The summed E-state index contributed by atoms with van der Waals surface area (Å²) in [6, 6.07) is 4.55. The Morgan fingerprint density at radius 1 is 1.21 bits per heavy atom. The number of nitrogens with zero attached hydrogens (tertiary/aromatic N) is 2.